The molecule has 0 saturated carbocycles. The highest BCUT2D eigenvalue weighted by Gasteiger charge is 2.31. The molecule has 204 valence electrons. The van der Waals surface area contributed by atoms with Gasteiger partial charge in [-0.3, -0.25) is 4.79 Å². The molecule has 1 amide bonds. The lowest BCUT2D eigenvalue weighted by atomic mass is 10.2. The number of amides is 1. The normalized spacial score (nSPS) is 14.6. The van der Waals surface area contributed by atoms with Crippen LogP contribution in [-0.4, -0.2) is 47.0 Å². The Morgan fingerprint density at radius 3 is 2.33 bits per heavy atom. The molecule has 3 aromatic carbocycles. The third kappa shape index (κ3) is 6.13. The predicted octanol–water partition coefficient (Wildman–Crippen LogP) is 5.62. The van der Waals surface area contributed by atoms with Gasteiger partial charge in [-0.25, -0.2) is 13.4 Å². The van der Waals surface area contributed by atoms with Crippen LogP contribution >= 0.6 is 11.8 Å². The van der Waals surface area contributed by atoms with Crippen LogP contribution in [0.4, 0.5) is 18.9 Å². The molecule has 39 heavy (non-hydrogen) atoms. The number of rotatable bonds is 8. The van der Waals surface area contributed by atoms with Crippen LogP contribution in [0.2, 0.25) is 0 Å². The number of aromatic nitrogens is 2. The Bertz CT molecular complexity index is 1580. The van der Waals surface area contributed by atoms with Gasteiger partial charge in [0.05, 0.1) is 33.8 Å². The number of nitrogens with zero attached hydrogens (tertiary/aromatic N) is 3. The zero-order valence-electron chi connectivity index (χ0n) is 20.7. The maximum Gasteiger partial charge on any atom is 0.416 e. The van der Waals surface area contributed by atoms with Gasteiger partial charge in [0.25, 0.3) is 0 Å². The van der Waals surface area contributed by atoms with Crippen molar-refractivity contribution in [1.82, 2.24) is 13.9 Å². The second-order valence-electron chi connectivity index (χ2n) is 9.14. The van der Waals surface area contributed by atoms with E-state index in [1.165, 1.54) is 34.6 Å². The minimum Gasteiger partial charge on any atom is -0.325 e. The van der Waals surface area contributed by atoms with Crippen molar-refractivity contribution in [2.75, 3.05) is 24.2 Å². The number of sulfonamides is 1. The van der Waals surface area contributed by atoms with Crippen molar-refractivity contribution in [3.8, 4) is 0 Å². The minimum absolute atomic E-state index is 0.0436. The van der Waals surface area contributed by atoms with Gasteiger partial charge >= 0.3 is 6.18 Å². The van der Waals surface area contributed by atoms with E-state index >= 15 is 0 Å². The van der Waals surface area contributed by atoms with Crippen molar-refractivity contribution in [3.05, 3.63) is 83.9 Å². The van der Waals surface area contributed by atoms with Crippen LogP contribution in [0.5, 0.6) is 0 Å². The van der Waals surface area contributed by atoms with E-state index in [-0.39, 0.29) is 22.1 Å². The zero-order chi connectivity index (χ0) is 27.6. The molecule has 0 atom stereocenters. The number of imidazole rings is 1. The van der Waals surface area contributed by atoms with Crippen molar-refractivity contribution in [1.29, 1.82) is 0 Å². The first-order valence-electron chi connectivity index (χ1n) is 12.3. The molecule has 1 aliphatic heterocycles. The van der Waals surface area contributed by atoms with E-state index < -0.39 is 21.8 Å². The van der Waals surface area contributed by atoms with Gasteiger partial charge in [-0.2, -0.15) is 17.5 Å². The van der Waals surface area contributed by atoms with Crippen molar-refractivity contribution in [2.45, 2.75) is 35.6 Å². The number of carbonyl (C=O) groups is 1. The summed E-state index contributed by atoms with van der Waals surface area (Å²) in [6, 6.07) is 18.9. The second-order valence-corrected chi connectivity index (χ2v) is 12.0. The quantitative estimate of drug-likeness (QED) is 0.276. The number of halogens is 3. The second kappa shape index (κ2) is 11.0. The van der Waals surface area contributed by atoms with Gasteiger partial charge in [-0.15, -0.1) is 0 Å². The number of nitrogens with one attached hydrogen (secondary N) is 1. The van der Waals surface area contributed by atoms with Crippen molar-refractivity contribution >= 4 is 44.4 Å². The van der Waals surface area contributed by atoms with Gasteiger partial charge in [-0.05, 0) is 60.9 Å². The number of fused-ring (bicyclic) bond motifs is 1. The molecule has 1 aromatic heterocycles. The third-order valence-electron chi connectivity index (χ3n) is 6.40. The highest BCUT2D eigenvalue weighted by atomic mass is 32.2. The van der Waals surface area contributed by atoms with Gasteiger partial charge in [0.15, 0.2) is 5.16 Å². The summed E-state index contributed by atoms with van der Waals surface area (Å²) in [6.07, 6.45) is -2.81. The minimum atomic E-state index is -4.49. The molecule has 1 fully saturated rings. The summed E-state index contributed by atoms with van der Waals surface area (Å²) in [4.78, 5) is 17.3. The van der Waals surface area contributed by atoms with Gasteiger partial charge in [-0.1, -0.05) is 42.1 Å². The number of benzene rings is 3. The average molecular weight is 575 g/mol. The largest absolute Gasteiger partial charge is 0.416 e. The Hall–Kier alpha value is -3.35. The van der Waals surface area contributed by atoms with E-state index in [4.69, 9.17) is 0 Å². The Labute approximate surface area is 228 Å². The maximum atomic E-state index is 13.3. The fourth-order valence-corrected chi connectivity index (χ4v) is 6.76. The van der Waals surface area contributed by atoms with Crippen LogP contribution in [0.1, 0.15) is 24.0 Å². The highest BCUT2D eigenvalue weighted by molar-refractivity contribution is 7.99. The SMILES string of the molecule is O=C(CSc1nc2cc(C(F)(F)F)ccc2n1Cc1ccccc1)Nc1ccc(S(=O)(=O)N2CCCC2)cc1. The lowest BCUT2D eigenvalue weighted by Gasteiger charge is -2.15. The summed E-state index contributed by atoms with van der Waals surface area (Å²) in [5.74, 6) is -0.401. The summed E-state index contributed by atoms with van der Waals surface area (Å²) in [6.45, 7) is 1.38. The Kier molecular flexibility index (Phi) is 7.70. The first-order chi connectivity index (χ1) is 18.6. The molecule has 0 spiro atoms. The van der Waals surface area contributed by atoms with E-state index in [0.29, 0.717) is 36.0 Å². The smallest absolute Gasteiger partial charge is 0.325 e. The fourth-order valence-electron chi connectivity index (χ4n) is 4.43. The molecule has 0 radical (unpaired) electrons. The van der Waals surface area contributed by atoms with Gasteiger partial charge in [0, 0.05) is 18.8 Å². The standard InChI is InChI=1S/C27H25F3N4O3S2/c28-27(29,30)20-8-13-24-23(16-20)32-26(34(24)17-19-6-2-1-3-7-19)38-18-25(35)31-21-9-11-22(12-10-21)39(36,37)33-14-4-5-15-33/h1-3,6-13,16H,4-5,14-15,17-18H2,(H,31,35). The van der Waals surface area contributed by atoms with Crippen LogP contribution in [-0.2, 0) is 27.5 Å². The van der Waals surface area contributed by atoms with Gasteiger partial charge in [0.2, 0.25) is 15.9 Å². The molecule has 1 aliphatic rings. The van der Waals surface area contributed by atoms with E-state index in [2.05, 4.69) is 10.3 Å². The van der Waals surface area contributed by atoms with E-state index in [1.54, 1.807) is 4.57 Å². The van der Waals surface area contributed by atoms with Crippen molar-refractivity contribution in [2.24, 2.45) is 0 Å². The van der Waals surface area contributed by atoms with Crippen LogP contribution in [0.15, 0.2) is 82.8 Å². The van der Waals surface area contributed by atoms with Crippen LogP contribution in [0, 0.1) is 0 Å². The summed E-state index contributed by atoms with van der Waals surface area (Å²) in [5.41, 5.74) is 1.31. The van der Waals surface area contributed by atoms with Crippen LogP contribution in [0.25, 0.3) is 11.0 Å². The first kappa shape index (κ1) is 27.2. The third-order valence-corrected chi connectivity index (χ3v) is 9.29. The lowest BCUT2D eigenvalue weighted by molar-refractivity contribution is -0.137. The summed E-state index contributed by atoms with van der Waals surface area (Å²) >= 11 is 1.11. The number of hydrogen-bond donors (Lipinski definition) is 1. The lowest BCUT2D eigenvalue weighted by Crippen LogP contribution is -2.27. The number of carbonyl (C=O) groups excluding carboxylic acids is 1. The summed E-state index contributed by atoms with van der Waals surface area (Å²) < 4.78 is 68.5. The number of anilines is 1. The molecule has 1 saturated heterocycles. The molecular weight excluding hydrogens is 549 g/mol. The molecule has 0 unspecified atom stereocenters. The highest BCUT2D eigenvalue weighted by Crippen LogP contribution is 2.33. The maximum absolute atomic E-state index is 13.3. The molecular formula is C27H25F3N4O3S2. The van der Waals surface area contributed by atoms with Crippen molar-refractivity contribution in [3.63, 3.8) is 0 Å². The molecule has 2 heterocycles. The number of hydrogen-bond acceptors (Lipinski definition) is 5. The number of alkyl halides is 3. The van der Waals surface area contributed by atoms with Crippen LogP contribution in [0.3, 0.4) is 0 Å². The predicted molar refractivity (Wildman–Crippen MR) is 144 cm³/mol. The number of thioether (sulfide) groups is 1. The zero-order valence-corrected chi connectivity index (χ0v) is 22.3. The monoisotopic (exact) mass is 574 g/mol. The molecule has 0 aliphatic carbocycles. The Balaban J connectivity index is 1.31. The van der Waals surface area contributed by atoms with Crippen molar-refractivity contribution < 1.29 is 26.4 Å². The van der Waals surface area contributed by atoms with Gasteiger partial charge < -0.3 is 9.88 Å². The molecule has 1 N–H and O–H groups in total. The van der Waals surface area contributed by atoms with E-state index in [1.807, 2.05) is 30.3 Å². The fraction of sp³-hybridized carbons (Fsp3) is 0.259. The van der Waals surface area contributed by atoms with Gasteiger partial charge in [0.1, 0.15) is 0 Å². The average Bonchev–Trinajstić information content (AvgIpc) is 3.57. The van der Waals surface area contributed by atoms with Crippen LogP contribution < -0.4 is 5.32 Å². The molecule has 5 rings (SSSR count). The molecule has 12 heteroatoms. The Morgan fingerprint density at radius 2 is 1.67 bits per heavy atom. The molecule has 0 bridgehead atoms. The molecule has 4 aromatic rings. The topological polar surface area (TPSA) is 84.3 Å². The molecule has 7 nitrogen and oxygen atoms in total. The van der Waals surface area contributed by atoms with E-state index in [9.17, 15) is 26.4 Å². The Morgan fingerprint density at radius 1 is 0.974 bits per heavy atom. The van der Waals surface area contributed by atoms with E-state index in [0.717, 1.165) is 42.3 Å². The summed E-state index contributed by atoms with van der Waals surface area (Å²) in [5, 5.41) is 3.15. The summed E-state index contributed by atoms with van der Waals surface area (Å²) in [7, 11) is -3.55. The first-order valence-corrected chi connectivity index (χ1v) is 14.7.